The maximum Gasteiger partial charge on any atom is 0.410 e. The summed E-state index contributed by atoms with van der Waals surface area (Å²) in [4.78, 5) is 29.8. The Morgan fingerprint density at radius 2 is 1.70 bits per heavy atom. The summed E-state index contributed by atoms with van der Waals surface area (Å²) < 4.78 is 5.64. The Labute approximate surface area is 179 Å². The molecule has 0 spiro atoms. The molecule has 0 saturated carbocycles. The number of amides is 2. The van der Waals surface area contributed by atoms with E-state index in [2.05, 4.69) is 12.1 Å². The molecule has 0 aliphatic carbocycles. The fourth-order valence-corrected chi connectivity index (χ4v) is 3.81. The number of hydrogen-bond acceptors (Lipinski definition) is 3. The molecule has 1 aliphatic rings. The van der Waals surface area contributed by atoms with Crippen molar-refractivity contribution in [1.29, 1.82) is 0 Å². The van der Waals surface area contributed by atoms with Crippen LogP contribution in [-0.2, 0) is 11.2 Å². The van der Waals surface area contributed by atoms with Crippen molar-refractivity contribution >= 4 is 12.0 Å². The number of benzene rings is 2. The minimum absolute atomic E-state index is 0.0260. The first-order valence-electron chi connectivity index (χ1n) is 10.5. The van der Waals surface area contributed by atoms with E-state index in [1.165, 1.54) is 0 Å². The van der Waals surface area contributed by atoms with Crippen LogP contribution in [-0.4, -0.2) is 53.1 Å². The van der Waals surface area contributed by atoms with E-state index in [9.17, 15) is 9.59 Å². The topological polar surface area (TPSA) is 49.9 Å². The molecular weight excluding hydrogens is 376 g/mol. The maximum absolute atomic E-state index is 13.3. The van der Waals surface area contributed by atoms with Crippen LogP contribution in [0.2, 0.25) is 0 Å². The van der Waals surface area contributed by atoms with Gasteiger partial charge in [-0.05, 0) is 63.8 Å². The lowest BCUT2D eigenvalue weighted by Crippen LogP contribution is -2.58. The standard InChI is InChI=1S/C25H32N2O3/c1-18-10-9-13-22(19(18)2)23(28)26-14-15-27(24(29)30-25(3,4)5)21(17-26)16-20-11-7-6-8-12-20/h6-13,21H,14-17H2,1-5H3. The second-order valence-corrected chi connectivity index (χ2v) is 9.02. The molecule has 5 heteroatoms. The molecule has 1 unspecified atom stereocenters. The van der Waals surface area contributed by atoms with Crippen molar-refractivity contribution in [3.05, 3.63) is 70.8 Å². The number of rotatable bonds is 3. The summed E-state index contributed by atoms with van der Waals surface area (Å²) in [5, 5.41) is 0. The summed E-state index contributed by atoms with van der Waals surface area (Å²) in [6.07, 6.45) is 0.360. The van der Waals surface area contributed by atoms with Crippen molar-refractivity contribution in [2.45, 2.75) is 52.7 Å². The fourth-order valence-electron chi connectivity index (χ4n) is 3.81. The Morgan fingerprint density at radius 3 is 2.37 bits per heavy atom. The highest BCUT2D eigenvalue weighted by molar-refractivity contribution is 5.96. The number of aryl methyl sites for hydroxylation is 1. The lowest BCUT2D eigenvalue weighted by atomic mass is 9.99. The van der Waals surface area contributed by atoms with E-state index in [-0.39, 0.29) is 18.0 Å². The summed E-state index contributed by atoms with van der Waals surface area (Å²) >= 11 is 0. The van der Waals surface area contributed by atoms with Gasteiger partial charge in [-0.3, -0.25) is 4.79 Å². The summed E-state index contributed by atoms with van der Waals surface area (Å²) in [6.45, 7) is 11.1. The number of ether oxygens (including phenoxy) is 1. The van der Waals surface area contributed by atoms with E-state index in [4.69, 9.17) is 4.74 Å². The third-order valence-corrected chi connectivity index (χ3v) is 5.55. The Balaban J connectivity index is 1.83. The van der Waals surface area contributed by atoms with Gasteiger partial charge in [-0.25, -0.2) is 4.79 Å². The van der Waals surface area contributed by atoms with Crippen molar-refractivity contribution in [3.63, 3.8) is 0 Å². The Morgan fingerprint density at radius 1 is 1.00 bits per heavy atom. The van der Waals surface area contributed by atoms with Crippen LogP contribution in [0.15, 0.2) is 48.5 Å². The van der Waals surface area contributed by atoms with E-state index in [0.717, 1.165) is 22.3 Å². The highest BCUT2D eigenvalue weighted by Crippen LogP contribution is 2.22. The van der Waals surface area contributed by atoms with E-state index < -0.39 is 5.60 Å². The SMILES string of the molecule is Cc1cccc(C(=O)N2CCN(C(=O)OC(C)(C)C)C(Cc3ccccc3)C2)c1C. The maximum atomic E-state index is 13.3. The zero-order valence-corrected chi connectivity index (χ0v) is 18.6. The number of carbonyl (C=O) groups is 2. The molecule has 1 atom stereocenters. The smallest absolute Gasteiger partial charge is 0.410 e. The van der Waals surface area contributed by atoms with Crippen LogP contribution in [0.25, 0.3) is 0 Å². The average Bonchev–Trinajstić information content (AvgIpc) is 2.69. The third kappa shape index (κ3) is 5.21. The van der Waals surface area contributed by atoms with Gasteiger partial charge in [0.2, 0.25) is 0 Å². The molecule has 0 aromatic heterocycles. The molecule has 1 aliphatic heterocycles. The number of carbonyl (C=O) groups excluding carboxylic acids is 2. The first-order chi connectivity index (χ1) is 14.2. The number of nitrogens with zero attached hydrogens (tertiary/aromatic N) is 2. The largest absolute Gasteiger partial charge is 0.444 e. The first kappa shape index (κ1) is 21.9. The molecule has 1 fully saturated rings. The summed E-state index contributed by atoms with van der Waals surface area (Å²) in [5.74, 6) is 0.0260. The van der Waals surface area contributed by atoms with Crippen LogP contribution in [0.1, 0.15) is 47.8 Å². The van der Waals surface area contributed by atoms with Gasteiger partial charge in [0, 0.05) is 25.2 Å². The number of hydrogen-bond donors (Lipinski definition) is 0. The molecule has 160 valence electrons. The predicted molar refractivity (Wildman–Crippen MR) is 119 cm³/mol. The second kappa shape index (κ2) is 8.90. The molecule has 1 heterocycles. The highest BCUT2D eigenvalue weighted by atomic mass is 16.6. The van der Waals surface area contributed by atoms with Crippen molar-refractivity contribution < 1.29 is 14.3 Å². The van der Waals surface area contributed by atoms with Crippen LogP contribution >= 0.6 is 0 Å². The van der Waals surface area contributed by atoms with Crippen molar-refractivity contribution in [2.75, 3.05) is 19.6 Å². The Hall–Kier alpha value is -2.82. The van der Waals surface area contributed by atoms with Gasteiger partial charge in [0.05, 0.1) is 6.04 Å². The third-order valence-electron chi connectivity index (χ3n) is 5.55. The molecule has 0 bridgehead atoms. The van der Waals surface area contributed by atoms with Gasteiger partial charge >= 0.3 is 6.09 Å². The van der Waals surface area contributed by atoms with Crippen molar-refractivity contribution in [1.82, 2.24) is 9.80 Å². The van der Waals surface area contributed by atoms with Crippen molar-refractivity contribution in [3.8, 4) is 0 Å². The molecule has 1 saturated heterocycles. The molecule has 5 nitrogen and oxygen atoms in total. The van der Waals surface area contributed by atoms with Gasteiger partial charge < -0.3 is 14.5 Å². The molecule has 30 heavy (non-hydrogen) atoms. The van der Waals surface area contributed by atoms with E-state index in [0.29, 0.717) is 26.1 Å². The average molecular weight is 409 g/mol. The van der Waals surface area contributed by atoms with E-state index in [1.807, 2.05) is 75.9 Å². The van der Waals surface area contributed by atoms with E-state index >= 15 is 0 Å². The predicted octanol–water partition coefficient (Wildman–Crippen LogP) is 4.61. The Bertz CT molecular complexity index is 902. The van der Waals surface area contributed by atoms with Crippen LogP contribution in [0.3, 0.4) is 0 Å². The van der Waals surface area contributed by atoms with E-state index in [1.54, 1.807) is 4.90 Å². The minimum atomic E-state index is -0.556. The van der Waals surface area contributed by atoms with Gasteiger partial charge in [0.25, 0.3) is 5.91 Å². The fraction of sp³-hybridized carbons (Fsp3) is 0.440. The van der Waals surface area contributed by atoms with Crippen LogP contribution < -0.4 is 0 Å². The molecular formula is C25H32N2O3. The highest BCUT2D eigenvalue weighted by Gasteiger charge is 2.35. The van der Waals surface area contributed by atoms with Gasteiger partial charge in [-0.2, -0.15) is 0 Å². The lowest BCUT2D eigenvalue weighted by molar-refractivity contribution is -0.000610. The van der Waals surface area contributed by atoms with Gasteiger partial charge in [0.1, 0.15) is 5.60 Å². The second-order valence-electron chi connectivity index (χ2n) is 9.02. The molecule has 2 aromatic carbocycles. The number of piperazine rings is 1. The van der Waals surface area contributed by atoms with Crippen molar-refractivity contribution in [2.24, 2.45) is 0 Å². The zero-order chi connectivity index (χ0) is 21.9. The summed E-state index contributed by atoms with van der Waals surface area (Å²) in [7, 11) is 0. The molecule has 2 aromatic rings. The van der Waals surface area contributed by atoms with Crippen LogP contribution in [0.4, 0.5) is 4.79 Å². The molecule has 0 N–H and O–H groups in total. The first-order valence-corrected chi connectivity index (χ1v) is 10.5. The lowest BCUT2D eigenvalue weighted by Gasteiger charge is -2.42. The quantitative estimate of drug-likeness (QED) is 0.745. The molecule has 2 amide bonds. The molecule has 3 rings (SSSR count). The monoisotopic (exact) mass is 408 g/mol. The minimum Gasteiger partial charge on any atom is -0.444 e. The van der Waals surface area contributed by atoms with Crippen LogP contribution in [0, 0.1) is 13.8 Å². The van der Waals surface area contributed by atoms with Crippen LogP contribution in [0.5, 0.6) is 0 Å². The Kier molecular flexibility index (Phi) is 6.49. The normalized spacial score (nSPS) is 17.0. The zero-order valence-electron chi connectivity index (χ0n) is 18.6. The summed E-state index contributed by atoms with van der Waals surface area (Å²) in [5.41, 5.74) is 3.43. The van der Waals surface area contributed by atoms with Gasteiger partial charge in [-0.1, -0.05) is 42.5 Å². The molecule has 0 radical (unpaired) electrons. The van der Waals surface area contributed by atoms with Gasteiger partial charge in [-0.15, -0.1) is 0 Å². The summed E-state index contributed by atoms with van der Waals surface area (Å²) in [6, 6.07) is 15.8. The van der Waals surface area contributed by atoms with Gasteiger partial charge in [0.15, 0.2) is 0 Å².